The van der Waals surface area contributed by atoms with E-state index < -0.39 is 0 Å². The summed E-state index contributed by atoms with van der Waals surface area (Å²) in [5.74, 6) is 0. The number of rotatable bonds is 7. The first-order chi connectivity index (χ1) is 5.35. The number of unbranched alkanes of at least 4 members (excludes halogenated alkanes) is 1. The summed E-state index contributed by atoms with van der Waals surface area (Å²) in [4.78, 5) is 2.45. The van der Waals surface area contributed by atoms with E-state index >= 15 is 0 Å². The van der Waals surface area contributed by atoms with E-state index in [1.165, 1.54) is 32.4 Å². The largest absolute Gasteiger partial charge is 0.329 e. The first-order valence-electron chi connectivity index (χ1n) is 4.77. The Kier molecular flexibility index (Phi) is 7.96. The molecule has 0 unspecified atom stereocenters. The van der Waals surface area contributed by atoms with Crippen molar-refractivity contribution in [3.63, 3.8) is 0 Å². The maximum Gasteiger partial charge on any atom is 0.0105 e. The van der Waals surface area contributed by atoms with Crippen LogP contribution >= 0.6 is 0 Å². The Labute approximate surface area is 70.8 Å². The average molecular weight is 158 g/mol. The zero-order valence-corrected chi connectivity index (χ0v) is 7.97. The van der Waals surface area contributed by atoms with Crippen LogP contribution in [0.5, 0.6) is 0 Å². The molecule has 0 atom stereocenters. The van der Waals surface area contributed by atoms with Crippen molar-refractivity contribution in [3.05, 3.63) is 0 Å². The summed E-state index contributed by atoms with van der Waals surface area (Å²) in [7, 11) is 0. The Morgan fingerprint density at radius 1 is 1.00 bits per heavy atom. The van der Waals surface area contributed by atoms with Crippen LogP contribution < -0.4 is 5.73 Å². The van der Waals surface area contributed by atoms with Crippen molar-refractivity contribution in [1.29, 1.82) is 0 Å². The number of nitrogens with two attached hydrogens (primary N) is 1. The van der Waals surface area contributed by atoms with Crippen LogP contribution in [0.25, 0.3) is 0 Å². The molecule has 0 amide bonds. The fraction of sp³-hybridized carbons (Fsp3) is 1.00. The van der Waals surface area contributed by atoms with Crippen LogP contribution in [0.1, 0.15) is 33.1 Å². The predicted molar refractivity (Wildman–Crippen MR) is 50.7 cm³/mol. The zero-order valence-electron chi connectivity index (χ0n) is 7.97. The highest BCUT2D eigenvalue weighted by molar-refractivity contribution is 4.56. The van der Waals surface area contributed by atoms with Crippen LogP contribution in [0.3, 0.4) is 0 Å². The molecule has 0 bridgehead atoms. The van der Waals surface area contributed by atoms with E-state index in [-0.39, 0.29) is 0 Å². The van der Waals surface area contributed by atoms with E-state index in [2.05, 4.69) is 18.7 Å². The van der Waals surface area contributed by atoms with E-state index in [0.717, 1.165) is 13.1 Å². The minimum absolute atomic E-state index is 0.795. The predicted octanol–water partition coefficient (Wildman–Crippen LogP) is 1.46. The van der Waals surface area contributed by atoms with Gasteiger partial charge in [-0.25, -0.2) is 0 Å². The van der Waals surface area contributed by atoms with Crippen molar-refractivity contribution in [3.8, 4) is 0 Å². The van der Waals surface area contributed by atoms with E-state index in [1.807, 2.05) is 0 Å². The molecular weight excluding hydrogens is 136 g/mol. The molecular formula is C9H22N2. The second-order valence-corrected chi connectivity index (χ2v) is 2.98. The Hall–Kier alpha value is -0.0800. The molecule has 0 saturated heterocycles. The second kappa shape index (κ2) is 8.02. The van der Waals surface area contributed by atoms with Crippen molar-refractivity contribution in [2.75, 3.05) is 26.2 Å². The van der Waals surface area contributed by atoms with Crippen LogP contribution in [0.2, 0.25) is 0 Å². The van der Waals surface area contributed by atoms with Crippen molar-refractivity contribution >= 4 is 0 Å². The molecule has 2 heteroatoms. The monoisotopic (exact) mass is 158 g/mol. The van der Waals surface area contributed by atoms with Crippen LogP contribution in [-0.4, -0.2) is 31.1 Å². The highest BCUT2D eigenvalue weighted by Gasteiger charge is 1.99. The first kappa shape index (κ1) is 10.9. The molecule has 0 heterocycles. The zero-order chi connectivity index (χ0) is 8.53. The molecule has 0 spiro atoms. The highest BCUT2D eigenvalue weighted by Crippen LogP contribution is 1.95. The molecule has 0 aromatic rings. The van der Waals surface area contributed by atoms with Gasteiger partial charge in [-0.15, -0.1) is 0 Å². The van der Waals surface area contributed by atoms with Crippen LogP contribution in [0.15, 0.2) is 0 Å². The maximum absolute atomic E-state index is 5.49. The van der Waals surface area contributed by atoms with Gasteiger partial charge in [0, 0.05) is 13.1 Å². The molecule has 0 aliphatic carbocycles. The fourth-order valence-corrected chi connectivity index (χ4v) is 1.22. The van der Waals surface area contributed by atoms with Crippen LogP contribution in [0, 0.1) is 0 Å². The Bertz CT molecular complexity index is 68.0. The van der Waals surface area contributed by atoms with Gasteiger partial charge in [-0.1, -0.05) is 20.3 Å². The minimum Gasteiger partial charge on any atom is -0.329 e. The lowest BCUT2D eigenvalue weighted by atomic mass is 10.3. The maximum atomic E-state index is 5.49. The quantitative estimate of drug-likeness (QED) is 0.608. The highest BCUT2D eigenvalue weighted by atomic mass is 15.1. The van der Waals surface area contributed by atoms with Gasteiger partial charge in [-0.3, -0.25) is 0 Å². The summed E-state index contributed by atoms with van der Waals surface area (Å²) < 4.78 is 0. The van der Waals surface area contributed by atoms with Crippen molar-refractivity contribution in [2.45, 2.75) is 33.1 Å². The third kappa shape index (κ3) is 6.32. The van der Waals surface area contributed by atoms with Crippen LogP contribution in [-0.2, 0) is 0 Å². The third-order valence-corrected chi connectivity index (χ3v) is 1.81. The van der Waals surface area contributed by atoms with E-state index in [4.69, 9.17) is 5.73 Å². The molecule has 0 radical (unpaired) electrons. The number of hydrogen-bond donors (Lipinski definition) is 1. The minimum atomic E-state index is 0.795. The summed E-state index contributed by atoms with van der Waals surface area (Å²) in [6, 6.07) is 0. The fourth-order valence-electron chi connectivity index (χ4n) is 1.22. The smallest absolute Gasteiger partial charge is 0.0105 e. The van der Waals surface area contributed by atoms with Gasteiger partial charge in [0.2, 0.25) is 0 Å². The Balaban J connectivity index is 3.34. The van der Waals surface area contributed by atoms with Gasteiger partial charge in [0.05, 0.1) is 0 Å². The second-order valence-electron chi connectivity index (χ2n) is 2.98. The van der Waals surface area contributed by atoms with Gasteiger partial charge in [0.15, 0.2) is 0 Å². The lowest BCUT2D eigenvalue weighted by Gasteiger charge is -2.19. The molecule has 0 saturated carbocycles. The van der Waals surface area contributed by atoms with Crippen molar-refractivity contribution in [2.24, 2.45) is 5.73 Å². The molecule has 0 aliphatic heterocycles. The molecule has 0 aromatic heterocycles. The summed E-state index contributed by atoms with van der Waals surface area (Å²) in [5, 5.41) is 0. The van der Waals surface area contributed by atoms with Crippen molar-refractivity contribution < 1.29 is 0 Å². The first-order valence-corrected chi connectivity index (χ1v) is 4.77. The summed E-state index contributed by atoms with van der Waals surface area (Å²) in [6.07, 6.45) is 3.83. The molecule has 2 nitrogen and oxygen atoms in total. The van der Waals surface area contributed by atoms with Gasteiger partial charge >= 0.3 is 0 Å². The summed E-state index contributed by atoms with van der Waals surface area (Å²) in [6.45, 7) is 8.73. The average Bonchev–Trinajstić information content (AvgIpc) is 2.01. The van der Waals surface area contributed by atoms with Crippen molar-refractivity contribution in [1.82, 2.24) is 4.90 Å². The third-order valence-electron chi connectivity index (χ3n) is 1.81. The lowest BCUT2D eigenvalue weighted by molar-refractivity contribution is 0.277. The molecule has 11 heavy (non-hydrogen) atoms. The van der Waals surface area contributed by atoms with Gasteiger partial charge in [0.1, 0.15) is 0 Å². The van der Waals surface area contributed by atoms with Crippen LogP contribution in [0.4, 0.5) is 0 Å². The molecule has 68 valence electrons. The lowest BCUT2D eigenvalue weighted by Crippen LogP contribution is -2.31. The molecule has 0 aliphatic rings. The summed E-state index contributed by atoms with van der Waals surface area (Å²) in [5.41, 5.74) is 5.49. The molecule has 0 rings (SSSR count). The van der Waals surface area contributed by atoms with Gasteiger partial charge in [-0.05, 0) is 25.9 Å². The van der Waals surface area contributed by atoms with E-state index in [9.17, 15) is 0 Å². The number of hydrogen-bond acceptors (Lipinski definition) is 2. The number of nitrogens with zero attached hydrogens (tertiary/aromatic N) is 1. The Morgan fingerprint density at radius 3 is 2.18 bits per heavy atom. The topological polar surface area (TPSA) is 29.3 Å². The van der Waals surface area contributed by atoms with E-state index in [0.29, 0.717) is 0 Å². The van der Waals surface area contributed by atoms with E-state index in [1.54, 1.807) is 0 Å². The normalized spacial score (nSPS) is 10.9. The standard InChI is InChI=1S/C9H22N2/c1-3-5-8-11(7-4-2)9-6-10/h3-10H2,1-2H3. The molecule has 0 aromatic carbocycles. The van der Waals surface area contributed by atoms with Gasteiger partial charge < -0.3 is 10.6 Å². The molecule has 2 N–H and O–H groups in total. The summed E-state index contributed by atoms with van der Waals surface area (Å²) >= 11 is 0. The molecule has 0 fully saturated rings. The van der Waals surface area contributed by atoms with Gasteiger partial charge in [-0.2, -0.15) is 0 Å². The Morgan fingerprint density at radius 2 is 1.73 bits per heavy atom. The SMILES string of the molecule is CCCCN(CCC)CCN. The van der Waals surface area contributed by atoms with Gasteiger partial charge in [0.25, 0.3) is 0 Å².